The van der Waals surface area contributed by atoms with Gasteiger partial charge in [-0.1, -0.05) is 0 Å². The number of methoxy groups -OCH3 is 1. The molecule has 2 rings (SSSR count). The number of aromatic nitrogens is 3. The van der Waals surface area contributed by atoms with E-state index in [4.69, 9.17) is 4.74 Å². The first-order valence-corrected chi connectivity index (χ1v) is 6.75. The summed E-state index contributed by atoms with van der Waals surface area (Å²) in [6.45, 7) is 6.97. The average Bonchev–Trinajstić information content (AvgIpc) is 2.94. The fraction of sp³-hybridized carbons (Fsp3) is 0.846. The Kier molecular flexibility index (Phi) is 4.35. The molecule has 0 aliphatic heterocycles. The highest BCUT2D eigenvalue weighted by atomic mass is 16.5. The molecule has 1 aliphatic carbocycles. The van der Waals surface area contributed by atoms with E-state index in [1.54, 1.807) is 13.4 Å². The Balaban J connectivity index is 1.76. The van der Waals surface area contributed by atoms with E-state index < -0.39 is 0 Å². The summed E-state index contributed by atoms with van der Waals surface area (Å²) in [5.41, 5.74) is 0.485. The molecular formula is C13H24N4O. The largest absolute Gasteiger partial charge is 0.385 e. The lowest BCUT2D eigenvalue weighted by atomic mass is 10.0. The molecule has 1 aromatic heterocycles. The van der Waals surface area contributed by atoms with Crippen LogP contribution in [-0.2, 0) is 11.3 Å². The minimum atomic E-state index is 0.368. The van der Waals surface area contributed by atoms with E-state index >= 15 is 0 Å². The van der Waals surface area contributed by atoms with Crippen LogP contribution in [0.1, 0.15) is 45.0 Å². The van der Waals surface area contributed by atoms with Gasteiger partial charge in [-0.2, -0.15) is 5.10 Å². The van der Waals surface area contributed by atoms with Gasteiger partial charge in [0.1, 0.15) is 12.2 Å². The van der Waals surface area contributed by atoms with Crippen LogP contribution in [0.2, 0.25) is 0 Å². The molecule has 0 bridgehead atoms. The van der Waals surface area contributed by atoms with Crippen molar-refractivity contribution in [1.82, 2.24) is 20.1 Å². The molecule has 5 heteroatoms. The average molecular weight is 252 g/mol. The number of hydrogen-bond acceptors (Lipinski definition) is 4. The van der Waals surface area contributed by atoms with Gasteiger partial charge < -0.3 is 10.1 Å². The smallest absolute Gasteiger partial charge is 0.141 e. The standard InChI is InChI=1S/C13H24N4O/c1-11(2)17-12(15-10-16-17)8-14-9-13(4-5-13)6-7-18-3/h10-11,14H,4-9H2,1-3H3. The summed E-state index contributed by atoms with van der Waals surface area (Å²) >= 11 is 0. The molecule has 18 heavy (non-hydrogen) atoms. The van der Waals surface area contributed by atoms with Crippen molar-refractivity contribution in [3.05, 3.63) is 12.2 Å². The van der Waals surface area contributed by atoms with E-state index in [0.717, 1.165) is 31.9 Å². The minimum Gasteiger partial charge on any atom is -0.385 e. The highest BCUT2D eigenvalue weighted by Crippen LogP contribution is 2.48. The highest BCUT2D eigenvalue weighted by molar-refractivity contribution is 4.95. The molecule has 0 saturated heterocycles. The van der Waals surface area contributed by atoms with Crippen molar-refractivity contribution in [2.24, 2.45) is 5.41 Å². The van der Waals surface area contributed by atoms with E-state index in [1.165, 1.54) is 12.8 Å². The molecule has 1 aliphatic rings. The Morgan fingerprint density at radius 2 is 2.28 bits per heavy atom. The summed E-state index contributed by atoms with van der Waals surface area (Å²) in [5, 5.41) is 7.76. The Morgan fingerprint density at radius 1 is 1.50 bits per heavy atom. The molecule has 5 nitrogen and oxygen atoms in total. The van der Waals surface area contributed by atoms with Crippen LogP contribution in [0.5, 0.6) is 0 Å². The first-order chi connectivity index (χ1) is 8.67. The van der Waals surface area contributed by atoms with Crippen LogP contribution < -0.4 is 5.32 Å². The van der Waals surface area contributed by atoms with Gasteiger partial charge in [0.15, 0.2) is 0 Å². The van der Waals surface area contributed by atoms with E-state index in [9.17, 15) is 0 Å². The topological polar surface area (TPSA) is 52.0 Å². The normalized spacial score (nSPS) is 17.3. The zero-order valence-electron chi connectivity index (χ0n) is 11.6. The van der Waals surface area contributed by atoms with Crippen molar-refractivity contribution in [1.29, 1.82) is 0 Å². The van der Waals surface area contributed by atoms with Crippen molar-refractivity contribution in [2.45, 2.75) is 45.7 Å². The summed E-state index contributed by atoms with van der Waals surface area (Å²) < 4.78 is 7.14. The molecule has 1 aromatic rings. The third-order valence-corrected chi connectivity index (χ3v) is 3.71. The van der Waals surface area contributed by atoms with Gasteiger partial charge in [0.25, 0.3) is 0 Å². The molecule has 0 aromatic carbocycles. The fourth-order valence-electron chi connectivity index (χ4n) is 2.28. The second-order valence-electron chi connectivity index (χ2n) is 5.56. The lowest BCUT2D eigenvalue weighted by Crippen LogP contribution is -2.26. The monoisotopic (exact) mass is 252 g/mol. The van der Waals surface area contributed by atoms with Gasteiger partial charge in [-0.25, -0.2) is 9.67 Å². The summed E-state index contributed by atoms with van der Waals surface area (Å²) in [6.07, 6.45) is 5.43. The van der Waals surface area contributed by atoms with Crippen LogP contribution >= 0.6 is 0 Å². The first kappa shape index (κ1) is 13.5. The summed E-state index contributed by atoms with van der Waals surface area (Å²) in [6, 6.07) is 0.368. The molecule has 0 amide bonds. The zero-order valence-corrected chi connectivity index (χ0v) is 11.6. The van der Waals surface area contributed by atoms with Crippen LogP contribution in [0.25, 0.3) is 0 Å². The number of hydrogen-bond donors (Lipinski definition) is 1. The molecule has 1 saturated carbocycles. The van der Waals surface area contributed by atoms with Crippen molar-refractivity contribution in [3.8, 4) is 0 Å². The highest BCUT2D eigenvalue weighted by Gasteiger charge is 2.41. The SMILES string of the molecule is COCCC1(CNCc2ncnn2C(C)C)CC1. The Labute approximate surface area is 109 Å². The lowest BCUT2D eigenvalue weighted by Gasteiger charge is -2.16. The second kappa shape index (κ2) is 5.80. The van der Waals surface area contributed by atoms with Crippen molar-refractivity contribution >= 4 is 0 Å². The maximum atomic E-state index is 5.17. The van der Waals surface area contributed by atoms with Crippen molar-refractivity contribution in [3.63, 3.8) is 0 Å². The van der Waals surface area contributed by atoms with Gasteiger partial charge >= 0.3 is 0 Å². The number of nitrogens with one attached hydrogen (secondary N) is 1. The fourth-order valence-corrected chi connectivity index (χ4v) is 2.28. The summed E-state index contributed by atoms with van der Waals surface area (Å²) in [7, 11) is 1.77. The molecule has 0 radical (unpaired) electrons. The predicted octanol–water partition coefficient (Wildman–Crippen LogP) is 1.77. The molecule has 1 heterocycles. The van der Waals surface area contributed by atoms with Gasteiger partial charge in [-0.15, -0.1) is 0 Å². The maximum Gasteiger partial charge on any atom is 0.141 e. The molecule has 0 spiro atoms. The molecule has 0 unspecified atom stereocenters. The third-order valence-electron chi connectivity index (χ3n) is 3.71. The molecular weight excluding hydrogens is 228 g/mol. The van der Waals surface area contributed by atoms with Crippen molar-refractivity contribution < 1.29 is 4.74 Å². The number of nitrogens with zero attached hydrogens (tertiary/aromatic N) is 3. The Hall–Kier alpha value is -0.940. The maximum absolute atomic E-state index is 5.17. The van der Waals surface area contributed by atoms with Gasteiger partial charge in [0.2, 0.25) is 0 Å². The quantitative estimate of drug-likeness (QED) is 0.766. The Bertz CT molecular complexity index is 371. The van der Waals surface area contributed by atoms with E-state index in [2.05, 4.69) is 29.2 Å². The van der Waals surface area contributed by atoms with Gasteiger partial charge in [0, 0.05) is 26.3 Å². The van der Waals surface area contributed by atoms with E-state index in [0.29, 0.717) is 11.5 Å². The molecule has 0 atom stereocenters. The third kappa shape index (κ3) is 3.29. The molecule has 1 fully saturated rings. The summed E-state index contributed by atoms with van der Waals surface area (Å²) in [5.74, 6) is 1.02. The Morgan fingerprint density at radius 3 is 2.89 bits per heavy atom. The number of rotatable bonds is 8. The zero-order chi connectivity index (χ0) is 13.0. The van der Waals surface area contributed by atoms with Crippen LogP contribution in [-0.4, -0.2) is 35.0 Å². The van der Waals surface area contributed by atoms with Gasteiger partial charge in [-0.3, -0.25) is 0 Å². The van der Waals surface area contributed by atoms with Gasteiger partial charge in [-0.05, 0) is 38.5 Å². The van der Waals surface area contributed by atoms with E-state index in [-0.39, 0.29) is 0 Å². The number of ether oxygens (including phenoxy) is 1. The predicted molar refractivity (Wildman–Crippen MR) is 70.3 cm³/mol. The van der Waals surface area contributed by atoms with Gasteiger partial charge in [0.05, 0.1) is 6.54 Å². The molecule has 102 valence electrons. The van der Waals surface area contributed by atoms with Crippen molar-refractivity contribution in [2.75, 3.05) is 20.3 Å². The lowest BCUT2D eigenvalue weighted by molar-refractivity contribution is 0.171. The minimum absolute atomic E-state index is 0.368. The first-order valence-electron chi connectivity index (χ1n) is 6.75. The van der Waals surface area contributed by atoms with Crippen LogP contribution in [0.15, 0.2) is 6.33 Å². The second-order valence-corrected chi connectivity index (χ2v) is 5.56. The molecule has 1 N–H and O–H groups in total. The van der Waals surface area contributed by atoms with E-state index in [1.807, 2.05) is 4.68 Å². The summed E-state index contributed by atoms with van der Waals surface area (Å²) in [4.78, 5) is 4.30. The van der Waals surface area contributed by atoms with Crippen LogP contribution in [0.3, 0.4) is 0 Å². The van der Waals surface area contributed by atoms with Crippen LogP contribution in [0.4, 0.5) is 0 Å². The van der Waals surface area contributed by atoms with Crippen LogP contribution in [0, 0.1) is 5.41 Å².